The predicted octanol–water partition coefficient (Wildman–Crippen LogP) is 8.60. The van der Waals surface area contributed by atoms with Crippen molar-refractivity contribution in [3.05, 3.63) is 32.0 Å². The molecule has 0 fully saturated rings. The molecule has 0 bridgehead atoms. The molecular weight excluding hydrogens is 724 g/mol. The third-order valence-corrected chi connectivity index (χ3v) is 10.9. The van der Waals surface area contributed by atoms with Gasteiger partial charge in [0.2, 0.25) is 0 Å². The van der Waals surface area contributed by atoms with Crippen molar-refractivity contribution < 1.29 is 63.8 Å². The van der Waals surface area contributed by atoms with Crippen LogP contribution in [0.2, 0.25) is 0 Å². The highest BCUT2D eigenvalue weighted by Crippen LogP contribution is 2.54. The largest absolute Gasteiger partial charge is 0.462 e. The number of hydrogen-bond acceptors (Lipinski definition) is 8. The van der Waals surface area contributed by atoms with Crippen LogP contribution in [0.1, 0.15) is 107 Å². The summed E-state index contributed by atoms with van der Waals surface area (Å²) < 4.78 is 130. The lowest BCUT2D eigenvalue weighted by atomic mass is 9.95. The number of alkyl halides is 8. The first-order chi connectivity index (χ1) is 23.4. The average molecular weight is 761 g/mol. The maximum Gasteiger partial charge on any atom is 0.393 e. The van der Waals surface area contributed by atoms with E-state index >= 15 is 35.1 Å². The summed E-state index contributed by atoms with van der Waals surface area (Å²) in [5.74, 6) is -35.8. The molecule has 2 N–H and O–H groups in total. The minimum Gasteiger partial charge on any atom is -0.462 e. The fourth-order valence-corrected chi connectivity index (χ4v) is 8.44. The van der Waals surface area contributed by atoms with Gasteiger partial charge in [0.15, 0.2) is 0 Å². The fourth-order valence-electron chi connectivity index (χ4n) is 5.90. The minimum atomic E-state index is -7.16. The molecule has 2 aromatic rings. The number of thiophene rings is 2. The number of ether oxygens (including phenoxy) is 2. The maximum atomic E-state index is 15.1. The Morgan fingerprint density at radius 1 is 0.560 bits per heavy atom. The number of aryl methyl sites for hydroxylation is 2. The van der Waals surface area contributed by atoms with Crippen molar-refractivity contribution in [3.63, 3.8) is 0 Å². The quantitative estimate of drug-likeness (QED) is 0.175. The van der Waals surface area contributed by atoms with Crippen LogP contribution >= 0.6 is 22.7 Å². The van der Waals surface area contributed by atoms with E-state index in [4.69, 9.17) is 9.47 Å². The van der Waals surface area contributed by atoms with Crippen LogP contribution < -0.4 is 10.6 Å². The number of anilines is 2. The second kappa shape index (κ2) is 15.5. The molecular formula is C32H36F8N2O6S2. The third kappa shape index (κ3) is 7.37. The number of hydrogen-bond donors (Lipinski definition) is 2. The predicted molar refractivity (Wildman–Crippen MR) is 169 cm³/mol. The number of halogens is 8. The van der Waals surface area contributed by atoms with Gasteiger partial charge in [-0.3, -0.25) is 9.59 Å². The van der Waals surface area contributed by atoms with E-state index in [1.807, 2.05) is 0 Å². The van der Waals surface area contributed by atoms with Crippen LogP contribution in [-0.2, 0) is 44.7 Å². The summed E-state index contributed by atoms with van der Waals surface area (Å²) in [6, 6.07) is 0. The van der Waals surface area contributed by atoms with Gasteiger partial charge in [0.05, 0.1) is 24.3 Å². The average Bonchev–Trinajstić information content (AvgIpc) is 3.52. The van der Waals surface area contributed by atoms with Crippen LogP contribution in [-0.4, -0.2) is 60.7 Å². The number of esters is 2. The van der Waals surface area contributed by atoms with Crippen molar-refractivity contribution in [1.29, 1.82) is 0 Å². The van der Waals surface area contributed by atoms with Crippen LogP contribution in [0, 0.1) is 0 Å². The van der Waals surface area contributed by atoms with Crippen LogP contribution in [0.3, 0.4) is 0 Å². The lowest BCUT2D eigenvalue weighted by Crippen LogP contribution is -2.67. The third-order valence-electron chi connectivity index (χ3n) is 8.51. The summed E-state index contributed by atoms with van der Waals surface area (Å²) in [6.07, 6.45) is 6.54. The number of fused-ring (bicyclic) bond motifs is 2. The normalized spacial score (nSPS) is 16.1. The van der Waals surface area contributed by atoms with E-state index in [1.54, 1.807) is 0 Å². The van der Waals surface area contributed by atoms with E-state index in [-0.39, 0.29) is 26.1 Å². The highest BCUT2D eigenvalue weighted by molar-refractivity contribution is 7.17. The molecule has 0 aliphatic heterocycles. The Morgan fingerprint density at radius 3 is 1.20 bits per heavy atom. The highest BCUT2D eigenvalue weighted by Gasteiger charge is 2.84. The topological polar surface area (TPSA) is 111 Å². The Bertz CT molecular complexity index is 1490. The van der Waals surface area contributed by atoms with Crippen LogP contribution in [0.25, 0.3) is 0 Å². The van der Waals surface area contributed by atoms with Crippen molar-refractivity contribution >= 4 is 56.4 Å². The molecule has 0 aromatic carbocycles. The lowest BCUT2D eigenvalue weighted by Gasteiger charge is -2.35. The van der Waals surface area contributed by atoms with E-state index in [1.165, 1.54) is 24.5 Å². The molecule has 4 rings (SSSR count). The van der Waals surface area contributed by atoms with Gasteiger partial charge < -0.3 is 20.1 Å². The van der Waals surface area contributed by atoms with E-state index in [2.05, 4.69) is 0 Å². The number of nitrogens with one attached hydrogen (secondary N) is 2. The van der Waals surface area contributed by atoms with Gasteiger partial charge in [-0.05, 0) is 76.3 Å². The fraction of sp³-hybridized carbons (Fsp3) is 0.625. The van der Waals surface area contributed by atoms with Gasteiger partial charge in [-0.2, -0.15) is 35.1 Å². The first-order valence-electron chi connectivity index (χ1n) is 16.2. The van der Waals surface area contributed by atoms with Gasteiger partial charge in [0.1, 0.15) is 10.0 Å². The van der Waals surface area contributed by atoms with Gasteiger partial charge in [-0.1, -0.05) is 25.7 Å². The molecule has 8 nitrogen and oxygen atoms in total. The SMILES string of the molecule is CCOC(=O)c1c(NC(=O)C(F)(F)C(F)(F)C(F)(F)C(F)(F)C(=O)Nc2sc3c(c2C(=O)OCC)CCCCCC3)sc2c1CCCCCC2. The molecule has 2 aromatic heterocycles. The zero-order chi connectivity index (χ0) is 37.1. The molecule has 0 radical (unpaired) electrons. The van der Waals surface area contributed by atoms with E-state index in [0.29, 0.717) is 82.1 Å². The van der Waals surface area contributed by atoms with Crippen molar-refractivity contribution in [3.8, 4) is 0 Å². The lowest BCUT2D eigenvalue weighted by molar-refractivity contribution is -0.345. The summed E-state index contributed by atoms with van der Waals surface area (Å²) in [5.41, 5.74) is -0.202. The monoisotopic (exact) mass is 760 g/mol. The minimum absolute atomic E-state index is 0.191. The summed E-state index contributed by atoms with van der Waals surface area (Å²) in [7, 11) is 0. The first-order valence-corrected chi connectivity index (χ1v) is 17.8. The standard InChI is InChI=1S/C32H36F8N2O6S2/c1-3-47-25(43)21-17-13-9-5-7-11-15-19(17)49-23(21)41-27(45)29(33,34)31(37,38)32(39,40)30(35,36)28(46)42-24-22(26(44)48-4-2)18-14-10-6-8-12-16-20(18)50-24/h3-16H2,1-2H3,(H,41,45)(H,42,46). The zero-order valence-electron chi connectivity index (χ0n) is 27.2. The molecule has 2 aliphatic rings. The Kier molecular flexibility index (Phi) is 12.3. The molecule has 0 saturated heterocycles. The first kappa shape index (κ1) is 39.5. The highest BCUT2D eigenvalue weighted by atomic mass is 32.1. The van der Waals surface area contributed by atoms with Crippen molar-refractivity contribution in [2.75, 3.05) is 23.8 Å². The summed E-state index contributed by atoms with van der Waals surface area (Å²) in [4.78, 5) is 51.7. The molecule has 278 valence electrons. The maximum absolute atomic E-state index is 15.1. The van der Waals surface area contributed by atoms with Crippen molar-refractivity contribution in [2.24, 2.45) is 0 Å². The summed E-state index contributed by atoms with van der Waals surface area (Å²) >= 11 is 1.17. The molecule has 0 atom stereocenters. The Morgan fingerprint density at radius 2 is 0.880 bits per heavy atom. The van der Waals surface area contributed by atoms with E-state index < -0.39 is 68.6 Å². The molecule has 2 heterocycles. The van der Waals surface area contributed by atoms with E-state index in [9.17, 15) is 19.2 Å². The molecule has 50 heavy (non-hydrogen) atoms. The molecule has 0 unspecified atom stereocenters. The zero-order valence-corrected chi connectivity index (χ0v) is 28.8. The van der Waals surface area contributed by atoms with Crippen LogP contribution in [0.15, 0.2) is 0 Å². The van der Waals surface area contributed by atoms with Gasteiger partial charge in [0, 0.05) is 9.75 Å². The second-order valence-electron chi connectivity index (χ2n) is 11.9. The van der Waals surface area contributed by atoms with Crippen LogP contribution in [0.4, 0.5) is 45.1 Å². The summed E-state index contributed by atoms with van der Waals surface area (Å²) in [5, 5.41) is 1.37. The van der Waals surface area contributed by atoms with E-state index in [0.717, 1.165) is 25.7 Å². The molecule has 18 heteroatoms. The number of carbonyl (C=O) groups excluding carboxylic acids is 4. The summed E-state index contributed by atoms with van der Waals surface area (Å²) in [6.45, 7) is 2.46. The molecule has 2 aliphatic carbocycles. The molecule has 0 saturated carbocycles. The molecule has 0 spiro atoms. The Hall–Kier alpha value is -3.28. The van der Waals surface area contributed by atoms with Gasteiger partial charge >= 0.3 is 47.4 Å². The number of carbonyl (C=O) groups is 4. The molecule has 2 amide bonds. The van der Waals surface area contributed by atoms with Crippen molar-refractivity contribution in [2.45, 2.75) is 115 Å². The van der Waals surface area contributed by atoms with Gasteiger partial charge in [0.25, 0.3) is 0 Å². The van der Waals surface area contributed by atoms with Crippen LogP contribution in [0.5, 0.6) is 0 Å². The Labute approximate surface area is 290 Å². The van der Waals surface area contributed by atoms with Crippen molar-refractivity contribution in [1.82, 2.24) is 0 Å². The second-order valence-corrected chi connectivity index (χ2v) is 14.1. The Balaban J connectivity index is 1.65. The smallest absolute Gasteiger partial charge is 0.393 e. The number of amides is 2. The number of rotatable bonds is 11. The van der Waals surface area contributed by atoms with Gasteiger partial charge in [-0.25, -0.2) is 9.59 Å². The van der Waals surface area contributed by atoms with Gasteiger partial charge in [-0.15, -0.1) is 22.7 Å².